The molecule has 148 valence electrons. The van der Waals surface area contributed by atoms with Gasteiger partial charge in [0, 0.05) is 3.57 Å². The lowest BCUT2D eigenvalue weighted by Gasteiger charge is -2.09. The highest BCUT2D eigenvalue weighted by atomic mass is 127. The molecule has 5 rings (SSSR count). The molecule has 5 aromatic carbocycles. The average molecular weight is 508 g/mol. The lowest BCUT2D eigenvalue weighted by Crippen LogP contribution is -1.84. The molecule has 0 heterocycles. The number of hydrogen-bond acceptors (Lipinski definition) is 0. The van der Waals surface area contributed by atoms with E-state index in [-0.39, 0.29) is 0 Å². The van der Waals surface area contributed by atoms with Gasteiger partial charge in [-0.2, -0.15) is 0 Å². The van der Waals surface area contributed by atoms with E-state index in [0.717, 1.165) is 0 Å². The average Bonchev–Trinajstić information content (AvgIpc) is 2.85. The van der Waals surface area contributed by atoms with Crippen LogP contribution >= 0.6 is 22.6 Å². The second-order valence-corrected chi connectivity index (χ2v) is 8.86. The minimum absolute atomic E-state index is 1.23. The quantitative estimate of drug-likeness (QED) is 0.213. The normalized spacial score (nSPS) is 10.7. The van der Waals surface area contributed by atoms with Crippen LogP contribution < -0.4 is 0 Å². The van der Waals surface area contributed by atoms with Gasteiger partial charge in [-0.1, -0.05) is 103 Å². The zero-order valence-corrected chi connectivity index (χ0v) is 19.2. The summed E-state index contributed by atoms with van der Waals surface area (Å²) in [6, 6.07) is 45.6. The van der Waals surface area contributed by atoms with Gasteiger partial charge in [0.1, 0.15) is 0 Å². The Balaban J connectivity index is 1.46. The lowest BCUT2D eigenvalue weighted by molar-refractivity contribution is 1.56. The Morgan fingerprint density at radius 1 is 0.290 bits per heavy atom. The van der Waals surface area contributed by atoms with Gasteiger partial charge in [-0.05, 0) is 91.4 Å². The largest absolute Gasteiger partial charge is 0.0622 e. The molecule has 0 amide bonds. The van der Waals surface area contributed by atoms with E-state index in [2.05, 4.69) is 150 Å². The topological polar surface area (TPSA) is 0 Å². The maximum absolute atomic E-state index is 2.36. The summed E-state index contributed by atoms with van der Waals surface area (Å²) in [5.74, 6) is 0. The van der Waals surface area contributed by atoms with Gasteiger partial charge in [0.25, 0.3) is 0 Å². The molecule has 0 nitrogen and oxygen atoms in total. The van der Waals surface area contributed by atoms with Crippen molar-refractivity contribution >= 4 is 22.6 Å². The summed E-state index contributed by atoms with van der Waals surface area (Å²) in [5.41, 5.74) is 9.92. The van der Waals surface area contributed by atoms with E-state index in [4.69, 9.17) is 0 Å². The fourth-order valence-corrected chi connectivity index (χ4v) is 4.45. The van der Waals surface area contributed by atoms with E-state index < -0.39 is 0 Å². The van der Waals surface area contributed by atoms with Gasteiger partial charge in [0.05, 0.1) is 0 Å². The number of rotatable bonds is 4. The van der Waals surface area contributed by atoms with Crippen LogP contribution in [0.25, 0.3) is 44.5 Å². The van der Waals surface area contributed by atoms with Crippen molar-refractivity contribution < 1.29 is 0 Å². The van der Waals surface area contributed by atoms with Crippen LogP contribution in [-0.4, -0.2) is 0 Å². The van der Waals surface area contributed by atoms with Crippen molar-refractivity contribution in [2.45, 2.75) is 0 Å². The molecule has 0 N–H and O–H groups in total. The van der Waals surface area contributed by atoms with Crippen molar-refractivity contribution in [3.63, 3.8) is 0 Å². The van der Waals surface area contributed by atoms with Gasteiger partial charge in [-0.25, -0.2) is 0 Å². The molecule has 31 heavy (non-hydrogen) atoms. The SMILES string of the molecule is Ic1cccc(-c2ccc(-c3cccc(-c4cccc(-c5ccccc5)c4)c3)cc2)c1. The van der Waals surface area contributed by atoms with Crippen molar-refractivity contribution in [3.05, 3.63) is 131 Å². The molecule has 0 aliphatic rings. The molecular formula is C30H21I. The molecule has 0 aromatic heterocycles. The lowest BCUT2D eigenvalue weighted by atomic mass is 9.95. The minimum atomic E-state index is 1.23. The maximum atomic E-state index is 2.36. The van der Waals surface area contributed by atoms with Crippen LogP contribution in [0.2, 0.25) is 0 Å². The summed E-state index contributed by atoms with van der Waals surface area (Å²) in [6.45, 7) is 0. The highest BCUT2D eigenvalue weighted by molar-refractivity contribution is 14.1. The predicted molar refractivity (Wildman–Crippen MR) is 141 cm³/mol. The van der Waals surface area contributed by atoms with Gasteiger partial charge in [0.2, 0.25) is 0 Å². The third-order valence-corrected chi connectivity index (χ3v) is 6.21. The van der Waals surface area contributed by atoms with Crippen LogP contribution in [0.4, 0.5) is 0 Å². The molecule has 0 bridgehead atoms. The van der Waals surface area contributed by atoms with Gasteiger partial charge in [0.15, 0.2) is 0 Å². The van der Waals surface area contributed by atoms with Crippen LogP contribution in [0, 0.1) is 3.57 Å². The molecule has 0 unspecified atom stereocenters. The molecule has 0 fully saturated rings. The first kappa shape index (κ1) is 19.8. The molecule has 0 saturated carbocycles. The van der Waals surface area contributed by atoms with Crippen LogP contribution in [0.1, 0.15) is 0 Å². The third kappa shape index (κ3) is 4.47. The van der Waals surface area contributed by atoms with Crippen LogP contribution in [0.3, 0.4) is 0 Å². The first-order valence-electron chi connectivity index (χ1n) is 10.4. The second kappa shape index (κ2) is 8.91. The highest BCUT2D eigenvalue weighted by Crippen LogP contribution is 2.31. The Kier molecular flexibility index (Phi) is 5.68. The molecule has 0 aliphatic heterocycles. The summed E-state index contributed by atoms with van der Waals surface area (Å²) in [4.78, 5) is 0. The summed E-state index contributed by atoms with van der Waals surface area (Å²) in [5, 5.41) is 0. The van der Waals surface area contributed by atoms with E-state index in [1.54, 1.807) is 0 Å². The van der Waals surface area contributed by atoms with Gasteiger partial charge in [-0.15, -0.1) is 0 Å². The van der Waals surface area contributed by atoms with Crippen LogP contribution in [-0.2, 0) is 0 Å². The molecule has 0 saturated heterocycles. The Hall–Kier alpha value is -3.17. The monoisotopic (exact) mass is 508 g/mol. The second-order valence-electron chi connectivity index (χ2n) is 7.62. The molecule has 0 aliphatic carbocycles. The van der Waals surface area contributed by atoms with Gasteiger partial charge < -0.3 is 0 Å². The van der Waals surface area contributed by atoms with E-state index in [9.17, 15) is 0 Å². The molecule has 0 atom stereocenters. The zero-order chi connectivity index (χ0) is 21.0. The molecule has 5 aromatic rings. The summed E-state index contributed by atoms with van der Waals surface area (Å²) in [7, 11) is 0. The number of halogens is 1. The predicted octanol–water partition coefficient (Wildman–Crippen LogP) is 8.96. The summed E-state index contributed by atoms with van der Waals surface area (Å²) >= 11 is 2.36. The van der Waals surface area contributed by atoms with Crippen molar-refractivity contribution in [3.8, 4) is 44.5 Å². The standard InChI is InChI=1S/C30H21I/c31-30-14-6-13-29(21-30)24-17-15-23(16-18-24)26-10-5-12-28(20-26)27-11-4-9-25(19-27)22-7-2-1-3-8-22/h1-21H. The maximum Gasteiger partial charge on any atom is 0.0136 e. The zero-order valence-electron chi connectivity index (χ0n) is 17.0. The van der Waals surface area contributed by atoms with E-state index in [1.807, 2.05) is 0 Å². The smallest absolute Gasteiger partial charge is 0.0136 e. The van der Waals surface area contributed by atoms with E-state index in [0.29, 0.717) is 0 Å². The first-order valence-corrected chi connectivity index (χ1v) is 11.5. The number of benzene rings is 5. The fourth-order valence-electron chi connectivity index (χ4n) is 3.91. The van der Waals surface area contributed by atoms with Crippen molar-refractivity contribution in [2.24, 2.45) is 0 Å². The molecule has 1 heteroatoms. The first-order chi connectivity index (χ1) is 15.3. The highest BCUT2D eigenvalue weighted by Gasteiger charge is 2.05. The van der Waals surface area contributed by atoms with Crippen molar-refractivity contribution in [1.82, 2.24) is 0 Å². The Bertz CT molecular complexity index is 1320. The Morgan fingerprint density at radius 3 is 1.13 bits per heavy atom. The van der Waals surface area contributed by atoms with E-state index in [1.165, 1.54) is 48.1 Å². The van der Waals surface area contributed by atoms with E-state index >= 15 is 0 Å². The van der Waals surface area contributed by atoms with Crippen LogP contribution in [0.5, 0.6) is 0 Å². The minimum Gasteiger partial charge on any atom is -0.0622 e. The van der Waals surface area contributed by atoms with Crippen LogP contribution in [0.15, 0.2) is 127 Å². The van der Waals surface area contributed by atoms with Crippen molar-refractivity contribution in [2.75, 3.05) is 0 Å². The molecule has 0 spiro atoms. The third-order valence-electron chi connectivity index (χ3n) is 5.54. The van der Waals surface area contributed by atoms with Crippen molar-refractivity contribution in [1.29, 1.82) is 0 Å². The molecule has 0 radical (unpaired) electrons. The Morgan fingerprint density at radius 2 is 0.645 bits per heavy atom. The van der Waals surface area contributed by atoms with Gasteiger partial charge in [-0.3, -0.25) is 0 Å². The number of hydrogen-bond donors (Lipinski definition) is 0. The fraction of sp³-hybridized carbons (Fsp3) is 0. The van der Waals surface area contributed by atoms with Gasteiger partial charge >= 0.3 is 0 Å². The molecular weight excluding hydrogens is 487 g/mol. The summed E-state index contributed by atoms with van der Waals surface area (Å²) in [6.07, 6.45) is 0. The Labute approximate surface area is 197 Å². The summed E-state index contributed by atoms with van der Waals surface area (Å²) < 4.78 is 1.25.